The number of morpholine rings is 1. The van der Waals surface area contributed by atoms with Crippen molar-refractivity contribution in [2.45, 2.75) is 31.8 Å². The average Bonchev–Trinajstić information content (AvgIpc) is 2.51. The second-order valence-electron chi connectivity index (χ2n) is 5.70. The lowest BCUT2D eigenvalue weighted by molar-refractivity contribution is 0.0149. The molecule has 3 heterocycles. The lowest BCUT2D eigenvalue weighted by Gasteiger charge is -2.39. The molecule has 5 heteroatoms. The van der Waals surface area contributed by atoms with Crippen molar-refractivity contribution in [1.82, 2.24) is 19.8 Å². The molecule has 1 unspecified atom stereocenters. The number of hydrogen-bond acceptors (Lipinski definition) is 5. The Hall–Kier alpha value is -1.04. The smallest absolute Gasteiger partial charge is 0.142 e. The van der Waals surface area contributed by atoms with Crippen molar-refractivity contribution in [2.24, 2.45) is 0 Å². The zero-order chi connectivity index (χ0) is 13.6. The van der Waals surface area contributed by atoms with E-state index in [1.54, 1.807) is 0 Å². The van der Waals surface area contributed by atoms with Gasteiger partial charge >= 0.3 is 0 Å². The van der Waals surface area contributed by atoms with Gasteiger partial charge in [0.2, 0.25) is 0 Å². The molecule has 0 aliphatic carbocycles. The third-order valence-corrected chi connectivity index (χ3v) is 4.29. The summed E-state index contributed by atoms with van der Waals surface area (Å²) in [5.41, 5.74) is 0. The zero-order valence-corrected chi connectivity index (χ0v) is 12.1. The molecule has 2 aliphatic heterocycles. The van der Waals surface area contributed by atoms with Gasteiger partial charge in [0.25, 0.3) is 0 Å². The van der Waals surface area contributed by atoms with Gasteiger partial charge in [0.05, 0.1) is 19.8 Å². The number of hydrogen-bond donors (Lipinski definition) is 0. The van der Waals surface area contributed by atoms with Crippen LogP contribution in [0.3, 0.4) is 0 Å². The summed E-state index contributed by atoms with van der Waals surface area (Å²) in [5.74, 6) is 0.946. The number of rotatable bonds is 4. The van der Waals surface area contributed by atoms with Crippen molar-refractivity contribution in [3.8, 4) is 0 Å². The Morgan fingerprint density at radius 3 is 2.70 bits per heavy atom. The van der Waals surface area contributed by atoms with Crippen LogP contribution in [0.2, 0.25) is 0 Å². The SMILES string of the molecule is c1cnc(CN2CCCCC2CN2CCOCC2)nc1. The highest BCUT2D eigenvalue weighted by Crippen LogP contribution is 2.20. The monoisotopic (exact) mass is 276 g/mol. The molecule has 1 aromatic heterocycles. The predicted molar refractivity (Wildman–Crippen MR) is 77.3 cm³/mol. The molecule has 0 radical (unpaired) electrons. The van der Waals surface area contributed by atoms with Gasteiger partial charge in [-0.3, -0.25) is 9.80 Å². The van der Waals surface area contributed by atoms with Gasteiger partial charge in [0, 0.05) is 38.1 Å². The normalized spacial score (nSPS) is 25.7. The Labute approximate surface area is 121 Å². The van der Waals surface area contributed by atoms with E-state index in [2.05, 4.69) is 19.8 Å². The van der Waals surface area contributed by atoms with Crippen LogP contribution >= 0.6 is 0 Å². The molecule has 0 spiro atoms. The summed E-state index contributed by atoms with van der Waals surface area (Å²) in [6.07, 6.45) is 7.62. The van der Waals surface area contributed by atoms with Crippen molar-refractivity contribution in [1.29, 1.82) is 0 Å². The first-order valence-corrected chi connectivity index (χ1v) is 7.72. The number of likely N-dealkylation sites (tertiary alicyclic amines) is 1. The van der Waals surface area contributed by atoms with E-state index in [0.717, 1.165) is 45.2 Å². The fourth-order valence-electron chi connectivity index (χ4n) is 3.15. The van der Waals surface area contributed by atoms with E-state index in [1.807, 2.05) is 18.5 Å². The fraction of sp³-hybridized carbons (Fsp3) is 0.733. The molecular weight excluding hydrogens is 252 g/mol. The summed E-state index contributed by atoms with van der Waals surface area (Å²) < 4.78 is 5.44. The summed E-state index contributed by atoms with van der Waals surface area (Å²) in [5, 5.41) is 0. The quantitative estimate of drug-likeness (QED) is 0.825. The van der Waals surface area contributed by atoms with Crippen molar-refractivity contribution < 1.29 is 4.74 Å². The number of nitrogens with zero attached hydrogens (tertiary/aromatic N) is 4. The van der Waals surface area contributed by atoms with E-state index < -0.39 is 0 Å². The maximum atomic E-state index is 5.44. The minimum absolute atomic E-state index is 0.644. The molecule has 0 amide bonds. The summed E-state index contributed by atoms with van der Waals surface area (Å²) in [6.45, 7) is 7.14. The minimum Gasteiger partial charge on any atom is -0.379 e. The van der Waals surface area contributed by atoms with Gasteiger partial charge in [-0.1, -0.05) is 6.42 Å². The van der Waals surface area contributed by atoms with E-state index in [9.17, 15) is 0 Å². The second-order valence-corrected chi connectivity index (χ2v) is 5.70. The van der Waals surface area contributed by atoms with Gasteiger partial charge in [0.15, 0.2) is 0 Å². The van der Waals surface area contributed by atoms with Crippen LogP contribution in [-0.2, 0) is 11.3 Å². The van der Waals surface area contributed by atoms with E-state index in [-0.39, 0.29) is 0 Å². The summed E-state index contributed by atoms with van der Waals surface area (Å²) >= 11 is 0. The van der Waals surface area contributed by atoms with Gasteiger partial charge in [-0.15, -0.1) is 0 Å². The molecule has 0 saturated carbocycles. The molecule has 0 aromatic carbocycles. The number of aromatic nitrogens is 2. The molecule has 2 aliphatic rings. The van der Waals surface area contributed by atoms with Crippen LogP contribution in [0.15, 0.2) is 18.5 Å². The first kappa shape index (κ1) is 13.9. The largest absolute Gasteiger partial charge is 0.379 e. The molecule has 0 N–H and O–H groups in total. The number of ether oxygens (including phenoxy) is 1. The predicted octanol–water partition coefficient (Wildman–Crippen LogP) is 1.16. The molecule has 5 nitrogen and oxygen atoms in total. The van der Waals surface area contributed by atoms with Gasteiger partial charge in [-0.05, 0) is 25.5 Å². The molecule has 0 bridgehead atoms. The summed E-state index contributed by atoms with van der Waals surface area (Å²) in [4.78, 5) is 13.8. The topological polar surface area (TPSA) is 41.5 Å². The summed E-state index contributed by atoms with van der Waals surface area (Å²) in [6, 6.07) is 2.52. The first-order chi connectivity index (χ1) is 9.92. The van der Waals surface area contributed by atoms with Crippen LogP contribution in [0.5, 0.6) is 0 Å². The van der Waals surface area contributed by atoms with Crippen LogP contribution in [0.4, 0.5) is 0 Å². The third kappa shape index (κ3) is 3.75. The number of piperidine rings is 1. The highest BCUT2D eigenvalue weighted by Gasteiger charge is 2.25. The molecule has 3 rings (SSSR count). The minimum atomic E-state index is 0.644. The highest BCUT2D eigenvalue weighted by molar-refractivity contribution is 4.91. The Balaban J connectivity index is 1.58. The zero-order valence-electron chi connectivity index (χ0n) is 12.1. The molecule has 1 atom stereocenters. The molecule has 2 saturated heterocycles. The van der Waals surface area contributed by atoms with Crippen molar-refractivity contribution in [2.75, 3.05) is 39.4 Å². The molecule has 20 heavy (non-hydrogen) atoms. The summed E-state index contributed by atoms with van der Waals surface area (Å²) in [7, 11) is 0. The average molecular weight is 276 g/mol. The Bertz CT molecular complexity index is 394. The van der Waals surface area contributed by atoms with Crippen molar-refractivity contribution >= 4 is 0 Å². The lowest BCUT2D eigenvalue weighted by Crippen LogP contribution is -2.49. The van der Waals surface area contributed by atoms with Crippen LogP contribution < -0.4 is 0 Å². The van der Waals surface area contributed by atoms with Gasteiger partial charge in [-0.25, -0.2) is 9.97 Å². The Kier molecular flexibility index (Phi) is 4.95. The molecule has 2 fully saturated rings. The van der Waals surface area contributed by atoms with Gasteiger partial charge in [-0.2, -0.15) is 0 Å². The Morgan fingerprint density at radius 2 is 1.90 bits per heavy atom. The maximum absolute atomic E-state index is 5.44. The van der Waals surface area contributed by atoms with E-state index in [1.165, 1.54) is 25.8 Å². The van der Waals surface area contributed by atoms with Crippen molar-refractivity contribution in [3.05, 3.63) is 24.3 Å². The lowest BCUT2D eigenvalue weighted by atomic mass is 10.0. The third-order valence-electron chi connectivity index (χ3n) is 4.29. The van der Waals surface area contributed by atoms with Crippen LogP contribution in [0.25, 0.3) is 0 Å². The highest BCUT2D eigenvalue weighted by atomic mass is 16.5. The van der Waals surface area contributed by atoms with E-state index in [4.69, 9.17) is 4.74 Å². The fourth-order valence-corrected chi connectivity index (χ4v) is 3.15. The van der Waals surface area contributed by atoms with Gasteiger partial charge < -0.3 is 4.74 Å². The molecule has 1 aromatic rings. The Morgan fingerprint density at radius 1 is 1.10 bits per heavy atom. The maximum Gasteiger partial charge on any atom is 0.142 e. The molecular formula is C15H24N4O. The van der Waals surface area contributed by atoms with Crippen LogP contribution in [0.1, 0.15) is 25.1 Å². The second kappa shape index (κ2) is 7.11. The van der Waals surface area contributed by atoms with Crippen LogP contribution in [-0.4, -0.2) is 65.2 Å². The first-order valence-electron chi connectivity index (χ1n) is 7.72. The van der Waals surface area contributed by atoms with Crippen LogP contribution in [0, 0.1) is 0 Å². The van der Waals surface area contributed by atoms with Crippen molar-refractivity contribution in [3.63, 3.8) is 0 Å². The van der Waals surface area contributed by atoms with Gasteiger partial charge in [0.1, 0.15) is 5.82 Å². The van der Waals surface area contributed by atoms with E-state index in [0.29, 0.717) is 6.04 Å². The standard InChI is InChI=1S/C15H24N4O/c1-2-7-19(13-15-16-5-3-6-17-15)14(4-1)12-18-8-10-20-11-9-18/h3,5-6,14H,1-2,4,7-13H2. The molecule has 110 valence electrons. The van der Waals surface area contributed by atoms with E-state index >= 15 is 0 Å².